The van der Waals surface area contributed by atoms with Crippen LogP contribution in [-0.2, 0) is 11.3 Å². The van der Waals surface area contributed by atoms with E-state index in [2.05, 4.69) is 25.8 Å². The van der Waals surface area contributed by atoms with Gasteiger partial charge in [-0.1, -0.05) is 5.16 Å². The van der Waals surface area contributed by atoms with Crippen molar-refractivity contribution in [2.75, 3.05) is 6.54 Å². The standard InChI is InChI=1S/C14H17N5O2/c20-12(8-11-2-1-5-16-11)17-9-13-18-14(19-21-13)10-3-6-15-7-4-10/h3-4,6-7,11,16H,1-2,5,8-9H2,(H,17,20). The van der Waals surface area contributed by atoms with Crippen molar-refractivity contribution in [2.24, 2.45) is 0 Å². The topological polar surface area (TPSA) is 92.9 Å². The van der Waals surface area contributed by atoms with Gasteiger partial charge in [-0.25, -0.2) is 0 Å². The number of hydrogen-bond acceptors (Lipinski definition) is 6. The van der Waals surface area contributed by atoms with Crippen molar-refractivity contribution in [3.05, 3.63) is 30.4 Å². The molecule has 0 spiro atoms. The number of pyridine rings is 1. The number of carbonyl (C=O) groups excluding carboxylic acids is 1. The highest BCUT2D eigenvalue weighted by Crippen LogP contribution is 2.14. The molecule has 1 aliphatic rings. The Labute approximate surface area is 122 Å². The Kier molecular flexibility index (Phi) is 4.20. The van der Waals surface area contributed by atoms with Gasteiger partial charge in [0.05, 0.1) is 6.54 Å². The molecule has 1 fully saturated rings. The third-order valence-corrected chi connectivity index (χ3v) is 3.44. The first-order valence-electron chi connectivity index (χ1n) is 7.04. The van der Waals surface area contributed by atoms with Crippen molar-refractivity contribution in [1.29, 1.82) is 0 Å². The van der Waals surface area contributed by atoms with Crippen LogP contribution in [0.15, 0.2) is 29.0 Å². The molecule has 2 aromatic rings. The highest BCUT2D eigenvalue weighted by molar-refractivity contribution is 5.76. The second kappa shape index (κ2) is 6.45. The molecule has 0 bridgehead atoms. The Balaban J connectivity index is 1.51. The lowest BCUT2D eigenvalue weighted by Gasteiger charge is -2.08. The van der Waals surface area contributed by atoms with Crippen molar-refractivity contribution < 1.29 is 9.32 Å². The summed E-state index contributed by atoms with van der Waals surface area (Å²) in [5.74, 6) is 0.895. The fourth-order valence-electron chi connectivity index (χ4n) is 2.35. The smallest absolute Gasteiger partial charge is 0.246 e. The molecule has 3 heterocycles. The molecule has 110 valence electrons. The summed E-state index contributed by atoms with van der Waals surface area (Å²) >= 11 is 0. The molecule has 1 unspecified atom stereocenters. The Bertz CT molecular complexity index is 592. The second-order valence-corrected chi connectivity index (χ2v) is 5.02. The van der Waals surface area contributed by atoms with E-state index in [-0.39, 0.29) is 12.5 Å². The van der Waals surface area contributed by atoms with Gasteiger partial charge >= 0.3 is 0 Å². The van der Waals surface area contributed by atoms with Crippen LogP contribution in [0, 0.1) is 0 Å². The summed E-state index contributed by atoms with van der Waals surface area (Å²) < 4.78 is 5.13. The minimum atomic E-state index is -0.00180. The van der Waals surface area contributed by atoms with Crippen LogP contribution in [0.1, 0.15) is 25.2 Å². The van der Waals surface area contributed by atoms with E-state index in [9.17, 15) is 4.79 Å². The van der Waals surface area contributed by atoms with Gasteiger partial charge in [0.2, 0.25) is 17.6 Å². The van der Waals surface area contributed by atoms with Crippen molar-refractivity contribution in [1.82, 2.24) is 25.8 Å². The van der Waals surface area contributed by atoms with E-state index in [1.165, 1.54) is 0 Å². The van der Waals surface area contributed by atoms with Crippen LogP contribution in [0.5, 0.6) is 0 Å². The fraction of sp³-hybridized carbons (Fsp3) is 0.429. The molecule has 21 heavy (non-hydrogen) atoms. The molecule has 0 saturated carbocycles. The average molecular weight is 287 g/mol. The summed E-state index contributed by atoms with van der Waals surface area (Å²) in [7, 11) is 0. The van der Waals surface area contributed by atoms with E-state index in [0.717, 1.165) is 24.9 Å². The molecule has 0 aromatic carbocycles. The first kappa shape index (κ1) is 13.7. The first-order valence-corrected chi connectivity index (χ1v) is 7.04. The van der Waals surface area contributed by atoms with Crippen molar-refractivity contribution in [2.45, 2.75) is 31.8 Å². The number of hydrogen-bond donors (Lipinski definition) is 2. The normalized spacial score (nSPS) is 17.8. The Hall–Kier alpha value is -2.28. The van der Waals surface area contributed by atoms with Crippen LogP contribution in [0.25, 0.3) is 11.4 Å². The van der Waals surface area contributed by atoms with Crippen LogP contribution < -0.4 is 10.6 Å². The molecule has 2 N–H and O–H groups in total. The molecule has 7 heteroatoms. The van der Waals surface area contributed by atoms with Gasteiger partial charge in [-0.05, 0) is 31.5 Å². The van der Waals surface area contributed by atoms with Crippen LogP contribution in [0.4, 0.5) is 0 Å². The van der Waals surface area contributed by atoms with Gasteiger partial charge in [-0.15, -0.1) is 0 Å². The van der Waals surface area contributed by atoms with Crippen LogP contribution >= 0.6 is 0 Å². The third kappa shape index (κ3) is 3.63. The lowest BCUT2D eigenvalue weighted by molar-refractivity contribution is -0.121. The molecule has 3 rings (SSSR count). The third-order valence-electron chi connectivity index (χ3n) is 3.44. The first-order chi connectivity index (χ1) is 10.3. The molecular formula is C14H17N5O2. The van der Waals surface area contributed by atoms with Gasteiger partial charge < -0.3 is 15.2 Å². The van der Waals surface area contributed by atoms with E-state index in [1.54, 1.807) is 24.5 Å². The van der Waals surface area contributed by atoms with E-state index < -0.39 is 0 Å². The van der Waals surface area contributed by atoms with Crippen molar-refractivity contribution in [3.63, 3.8) is 0 Å². The number of rotatable bonds is 5. The SMILES string of the molecule is O=C(CC1CCCN1)NCc1nc(-c2ccncc2)no1. The predicted molar refractivity (Wildman–Crippen MR) is 75.0 cm³/mol. The van der Waals surface area contributed by atoms with Gasteiger partial charge in [0.1, 0.15) is 0 Å². The zero-order valence-corrected chi connectivity index (χ0v) is 11.6. The number of nitrogens with zero attached hydrogens (tertiary/aromatic N) is 3. The maximum absolute atomic E-state index is 11.8. The molecule has 1 atom stereocenters. The minimum absolute atomic E-state index is 0.00180. The Morgan fingerprint density at radius 3 is 3.05 bits per heavy atom. The monoisotopic (exact) mass is 287 g/mol. The van der Waals surface area contributed by atoms with Gasteiger partial charge in [-0.3, -0.25) is 9.78 Å². The van der Waals surface area contributed by atoms with Crippen molar-refractivity contribution >= 4 is 5.91 Å². The average Bonchev–Trinajstić information content (AvgIpc) is 3.17. The zero-order chi connectivity index (χ0) is 14.5. The minimum Gasteiger partial charge on any atom is -0.347 e. The Morgan fingerprint density at radius 2 is 2.29 bits per heavy atom. The van der Waals surface area contributed by atoms with Gasteiger partial charge in [0.25, 0.3) is 0 Å². The predicted octanol–water partition coefficient (Wildman–Crippen LogP) is 0.890. The van der Waals surface area contributed by atoms with Crippen LogP contribution in [0.2, 0.25) is 0 Å². The van der Waals surface area contributed by atoms with E-state index in [1.807, 2.05) is 0 Å². The molecule has 1 amide bonds. The van der Waals surface area contributed by atoms with E-state index in [0.29, 0.717) is 24.2 Å². The number of nitrogens with one attached hydrogen (secondary N) is 2. The number of amides is 1. The zero-order valence-electron chi connectivity index (χ0n) is 11.6. The van der Waals surface area contributed by atoms with E-state index >= 15 is 0 Å². The lowest BCUT2D eigenvalue weighted by atomic mass is 10.1. The molecule has 1 aliphatic heterocycles. The molecule has 0 radical (unpaired) electrons. The summed E-state index contributed by atoms with van der Waals surface area (Å²) in [6.45, 7) is 1.25. The lowest BCUT2D eigenvalue weighted by Crippen LogP contribution is -2.31. The largest absolute Gasteiger partial charge is 0.347 e. The summed E-state index contributed by atoms with van der Waals surface area (Å²) in [6.07, 6.45) is 6.02. The highest BCUT2D eigenvalue weighted by atomic mass is 16.5. The summed E-state index contributed by atoms with van der Waals surface area (Å²) in [4.78, 5) is 20.0. The molecule has 7 nitrogen and oxygen atoms in total. The summed E-state index contributed by atoms with van der Waals surface area (Å²) in [6, 6.07) is 3.90. The van der Waals surface area contributed by atoms with Crippen LogP contribution in [0.3, 0.4) is 0 Å². The van der Waals surface area contributed by atoms with Gasteiger partial charge in [-0.2, -0.15) is 4.98 Å². The van der Waals surface area contributed by atoms with Gasteiger partial charge in [0.15, 0.2) is 0 Å². The van der Waals surface area contributed by atoms with E-state index in [4.69, 9.17) is 4.52 Å². The second-order valence-electron chi connectivity index (χ2n) is 5.02. The maximum Gasteiger partial charge on any atom is 0.246 e. The highest BCUT2D eigenvalue weighted by Gasteiger charge is 2.18. The maximum atomic E-state index is 11.8. The van der Waals surface area contributed by atoms with Crippen LogP contribution in [-0.4, -0.2) is 33.6 Å². The van der Waals surface area contributed by atoms with Gasteiger partial charge in [0, 0.05) is 30.4 Å². The Morgan fingerprint density at radius 1 is 1.43 bits per heavy atom. The summed E-state index contributed by atoms with van der Waals surface area (Å²) in [5.41, 5.74) is 0.835. The number of aromatic nitrogens is 3. The molecule has 1 saturated heterocycles. The number of carbonyl (C=O) groups is 1. The fourth-order valence-corrected chi connectivity index (χ4v) is 2.35. The quantitative estimate of drug-likeness (QED) is 0.848. The molecule has 0 aliphatic carbocycles. The molecular weight excluding hydrogens is 270 g/mol. The molecule has 2 aromatic heterocycles. The van der Waals surface area contributed by atoms with Crippen molar-refractivity contribution in [3.8, 4) is 11.4 Å². The summed E-state index contributed by atoms with van der Waals surface area (Å²) in [5, 5.41) is 9.99.